The van der Waals surface area contributed by atoms with Crippen LogP contribution in [-0.4, -0.2) is 48.6 Å². The topological polar surface area (TPSA) is 63.7 Å². The average Bonchev–Trinajstić information content (AvgIpc) is 3.00. The number of aromatic nitrogens is 1. The molecule has 152 valence electrons. The summed E-state index contributed by atoms with van der Waals surface area (Å²) in [5.41, 5.74) is 0.893. The lowest BCUT2D eigenvalue weighted by Crippen LogP contribution is -2.43. The Balaban J connectivity index is 0.00000280. The number of nitrogens with one attached hydrogen (secondary N) is 1. The zero-order valence-electron chi connectivity index (χ0n) is 16.2. The zero-order valence-corrected chi connectivity index (χ0v) is 17.0. The van der Waals surface area contributed by atoms with Gasteiger partial charge in [-0.2, -0.15) is 0 Å². The molecule has 7 heteroatoms. The van der Waals surface area contributed by atoms with Crippen LogP contribution in [0, 0.1) is 0 Å². The molecule has 1 saturated heterocycles. The molecule has 2 heterocycles. The molecule has 6 nitrogen and oxygen atoms in total. The number of carbonyl (C=O) groups is 1. The molecule has 1 aliphatic rings. The van der Waals surface area contributed by atoms with E-state index in [0.29, 0.717) is 18.0 Å². The second kappa shape index (κ2) is 11.5. The van der Waals surface area contributed by atoms with Gasteiger partial charge in [-0.15, -0.1) is 12.4 Å². The molecule has 2 aromatic rings. The van der Waals surface area contributed by atoms with Crippen LogP contribution in [0.4, 0.5) is 0 Å². The molecule has 1 aromatic carbocycles. The lowest BCUT2D eigenvalue weighted by Gasteiger charge is -2.31. The maximum atomic E-state index is 13.0. The van der Waals surface area contributed by atoms with E-state index in [2.05, 4.69) is 10.3 Å². The lowest BCUT2D eigenvalue weighted by atomic mass is 10.1. The smallest absolute Gasteiger partial charge is 0.261 e. The van der Waals surface area contributed by atoms with E-state index in [1.807, 2.05) is 41.3 Å². The highest BCUT2D eigenvalue weighted by Crippen LogP contribution is 2.20. The minimum absolute atomic E-state index is 0. The van der Waals surface area contributed by atoms with E-state index < -0.39 is 0 Å². The third-order valence-corrected chi connectivity index (χ3v) is 4.77. The molecule has 0 aliphatic carbocycles. The number of hydrogen-bond acceptors (Lipinski definition) is 5. The van der Waals surface area contributed by atoms with Gasteiger partial charge in [-0.05, 0) is 56.6 Å². The molecule has 28 heavy (non-hydrogen) atoms. The van der Waals surface area contributed by atoms with Crippen molar-refractivity contribution in [1.29, 1.82) is 0 Å². The molecule has 3 rings (SSSR count). The van der Waals surface area contributed by atoms with E-state index in [0.717, 1.165) is 38.0 Å². The first-order valence-electron chi connectivity index (χ1n) is 9.43. The van der Waals surface area contributed by atoms with Gasteiger partial charge in [0, 0.05) is 18.3 Å². The normalized spacial score (nSPS) is 16.4. The molecule has 1 amide bonds. The fourth-order valence-electron chi connectivity index (χ4n) is 3.32. The third kappa shape index (κ3) is 6.39. The highest BCUT2D eigenvalue weighted by molar-refractivity contribution is 5.85. The van der Waals surface area contributed by atoms with Crippen molar-refractivity contribution < 1.29 is 14.3 Å². The van der Waals surface area contributed by atoms with Gasteiger partial charge in [0.2, 0.25) is 0 Å². The summed E-state index contributed by atoms with van der Waals surface area (Å²) in [4.78, 5) is 19.3. The van der Waals surface area contributed by atoms with Crippen molar-refractivity contribution in [3.63, 3.8) is 0 Å². The second-order valence-electron chi connectivity index (χ2n) is 6.65. The molecule has 0 radical (unpaired) electrons. The fraction of sp³-hybridized carbons (Fsp3) is 0.429. The zero-order chi connectivity index (χ0) is 18.9. The minimum atomic E-state index is -0.0182. The molecule has 0 saturated carbocycles. The summed E-state index contributed by atoms with van der Waals surface area (Å²) in [7, 11) is 1.61. The molecule has 1 atom stereocenters. The van der Waals surface area contributed by atoms with E-state index in [-0.39, 0.29) is 31.0 Å². The molecule has 1 fully saturated rings. The van der Waals surface area contributed by atoms with Crippen molar-refractivity contribution in [2.24, 2.45) is 0 Å². The predicted molar refractivity (Wildman–Crippen MR) is 111 cm³/mol. The largest absolute Gasteiger partial charge is 0.497 e. The van der Waals surface area contributed by atoms with E-state index >= 15 is 0 Å². The van der Waals surface area contributed by atoms with Crippen molar-refractivity contribution in [2.45, 2.75) is 31.8 Å². The first kappa shape index (κ1) is 22.0. The van der Waals surface area contributed by atoms with E-state index in [1.54, 1.807) is 19.4 Å². The number of methoxy groups -OCH3 is 1. The molecular weight excluding hydrogens is 378 g/mol. The Morgan fingerprint density at radius 2 is 2.04 bits per heavy atom. The maximum absolute atomic E-state index is 13.0. The van der Waals surface area contributed by atoms with Crippen molar-refractivity contribution in [3.8, 4) is 11.5 Å². The Kier molecular flexibility index (Phi) is 9.04. The van der Waals surface area contributed by atoms with Crippen molar-refractivity contribution in [1.82, 2.24) is 15.2 Å². The number of rotatable bonds is 7. The monoisotopic (exact) mass is 405 g/mol. The predicted octanol–water partition coefficient (Wildman–Crippen LogP) is 3.06. The fourth-order valence-corrected chi connectivity index (χ4v) is 3.32. The molecular formula is C21H28ClN3O3. The summed E-state index contributed by atoms with van der Waals surface area (Å²) >= 11 is 0. The van der Waals surface area contributed by atoms with Gasteiger partial charge in [0.1, 0.15) is 11.5 Å². The first-order valence-corrected chi connectivity index (χ1v) is 9.43. The van der Waals surface area contributed by atoms with Gasteiger partial charge in [0.05, 0.1) is 19.3 Å². The van der Waals surface area contributed by atoms with Gasteiger partial charge in [-0.25, -0.2) is 0 Å². The summed E-state index contributed by atoms with van der Waals surface area (Å²) in [5, 5.41) is 3.41. The van der Waals surface area contributed by atoms with Crippen LogP contribution in [0.25, 0.3) is 0 Å². The molecule has 1 aliphatic heterocycles. The summed E-state index contributed by atoms with van der Waals surface area (Å²) in [5.74, 6) is 1.32. The number of amides is 1. The number of nitrogens with zero attached hydrogens (tertiary/aromatic N) is 2. The first-order chi connectivity index (χ1) is 13.3. The number of ether oxygens (including phenoxy) is 2. The summed E-state index contributed by atoms with van der Waals surface area (Å²) in [6.45, 7) is 2.44. The summed E-state index contributed by atoms with van der Waals surface area (Å²) in [6, 6.07) is 13.3. The second-order valence-corrected chi connectivity index (χ2v) is 6.65. The highest BCUT2D eigenvalue weighted by atomic mass is 35.5. The van der Waals surface area contributed by atoms with Gasteiger partial charge in [-0.1, -0.05) is 12.1 Å². The van der Waals surface area contributed by atoms with Crippen molar-refractivity contribution >= 4 is 18.3 Å². The lowest BCUT2D eigenvalue weighted by molar-refractivity contribution is -0.136. The van der Waals surface area contributed by atoms with Gasteiger partial charge >= 0.3 is 0 Å². The summed E-state index contributed by atoms with van der Waals surface area (Å²) in [6.07, 6.45) is 4.76. The van der Waals surface area contributed by atoms with Crippen LogP contribution in [0.3, 0.4) is 0 Å². The van der Waals surface area contributed by atoms with Crippen molar-refractivity contribution in [2.75, 3.05) is 26.8 Å². The van der Waals surface area contributed by atoms with Crippen LogP contribution >= 0.6 is 12.4 Å². The van der Waals surface area contributed by atoms with E-state index in [4.69, 9.17) is 9.47 Å². The number of carbonyl (C=O) groups excluding carboxylic acids is 1. The number of pyridine rings is 1. The highest BCUT2D eigenvalue weighted by Gasteiger charge is 2.25. The van der Waals surface area contributed by atoms with Gasteiger partial charge < -0.3 is 19.7 Å². The number of benzene rings is 1. The van der Waals surface area contributed by atoms with Crippen LogP contribution in [-0.2, 0) is 11.3 Å². The maximum Gasteiger partial charge on any atom is 0.261 e. The Morgan fingerprint density at radius 3 is 2.82 bits per heavy atom. The Hall–Kier alpha value is -2.31. The van der Waals surface area contributed by atoms with Crippen LogP contribution in [0.15, 0.2) is 48.7 Å². The van der Waals surface area contributed by atoms with Gasteiger partial charge in [-0.3, -0.25) is 9.78 Å². The molecule has 1 N–H and O–H groups in total. The minimum Gasteiger partial charge on any atom is -0.497 e. The van der Waals surface area contributed by atoms with Gasteiger partial charge in [0.25, 0.3) is 5.91 Å². The SMILES string of the molecule is COc1cccc(OCC(=O)N(Cc2ccccn2)C2CCCNCC2)c1.Cl. The third-order valence-electron chi connectivity index (χ3n) is 4.77. The Labute approximate surface area is 172 Å². The van der Waals surface area contributed by atoms with Crippen LogP contribution in [0.2, 0.25) is 0 Å². The molecule has 0 bridgehead atoms. The Bertz CT molecular complexity index is 722. The number of halogens is 1. The van der Waals surface area contributed by atoms with Crippen LogP contribution in [0.5, 0.6) is 11.5 Å². The number of hydrogen-bond donors (Lipinski definition) is 1. The summed E-state index contributed by atoms with van der Waals surface area (Å²) < 4.78 is 11.0. The molecule has 0 spiro atoms. The van der Waals surface area contributed by atoms with Crippen LogP contribution in [0.1, 0.15) is 25.0 Å². The average molecular weight is 406 g/mol. The quantitative estimate of drug-likeness (QED) is 0.767. The van der Waals surface area contributed by atoms with Crippen molar-refractivity contribution in [3.05, 3.63) is 54.4 Å². The van der Waals surface area contributed by atoms with Crippen LogP contribution < -0.4 is 14.8 Å². The van der Waals surface area contributed by atoms with E-state index in [1.165, 1.54) is 0 Å². The molecule has 1 aromatic heterocycles. The standard InChI is InChI=1S/C21H27N3O3.ClH/c1-26-19-8-4-9-20(14-19)27-16-21(25)24(15-17-6-2-3-12-23-17)18-7-5-11-22-13-10-18;/h2-4,6,8-9,12,14,18,22H,5,7,10-11,13,15-16H2,1H3;1H. The molecule has 1 unspecified atom stereocenters. The Morgan fingerprint density at radius 1 is 1.18 bits per heavy atom. The van der Waals surface area contributed by atoms with Gasteiger partial charge in [0.15, 0.2) is 6.61 Å². The van der Waals surface area contributed by atoms with E-state index in [9.17, 15) is 4.79 Å².